The second-order valence-electron chi connectivity index (χ2n) is 5.49. The molecule has 0 bridgehead atoms. The van der Waals surface area contributed by atoms with Crippen molar-refractivity contribution in [2.75, 3.05) is 5.75 Å². The number of rotatable bonds is 8. The summed E-state index contributed by atoms with van der Waals surface area (Å²) in [5.41, 5.74) is 0.630. The molecule has 1 aromatic rings. The predicted molar refractivity (Wildman–Crippen MR) is 86.9 cm³/mol. The SMILES string of the molecule is CCC(C)C(NC(=O)Cc1ccc(S(=O)(=O)CC)cc1)C(=O)O. The number of carbonyl (C=O) groups excluding carboxylic acids is 1. The quantitative estimate of drug-likeness (QED) is 0.748. The minimum absolute atomic E-state index is 0.00661. The lowest BCUT2D eigenvalue weighted by molar-refractivity contribution is -0.143. The van der Waals surface area contributed by atoms with Crippen molar-refractivity contribution in [2.24, 2.45) is 5.92 Å². The Morgan fingerprint density at radius 2 is 1.74 bits per heavy atom. The maximum atomic E-state index is 12.0. The standard InChI is InChI=1S/C16H23NO5S/c1-4-11(3)15(16(19)20)17-14(18)10-12-6-8-13(9-7-12)23(21,22)5-2/h6-9,11,15H,4-5,10H2,1-3H3,(H,17,18)(H,19,20). The molecule has 2 atom stereocenters. The zero-order valence-corrected chi connectivity index (χ0v) is 14.4. The van der Waals surface area contributed by atoms with Crippen molar-refractivity contribution in [1.29, 1.82) is 0 Å². The van der Waals surface area contributed by atoms with Crippen LogP contribution in [0.2, 0.25) is 0 Å². The summed E-state index contributed by atoms with van der Waals surface area (Å²) in [5.74, 6) is -1.61. The summed E-state index contributed by atoms with van der Waals surface area (Å²) >= 11 is 0. The number of amides is 1. The molecule has 1 aromatic carbocycles. The Balaban J connectivity index is 2.76. The second-order valence-corrected chi connectivity index (χ2v) is 7.77. The summed E-state index contributed by atoms with van der Waals surface area (Å²) < 4.78 is 23.4. The van der Waals surface area contributed by atoms with Crippen LogP contribution < -0.4 is 5.32 Å². The largest absolute Gasteiger partial charge is 0.480 e. The number of benzene rings is 1. The third-order valence-corrected chi connectivity index (χ3v) is 5.57. The van der Waals surface area contributed by atoms with Crippen LogP contribution in [-0.4, -0.2) is 37.2 Å². The van der Waals surface area contributed by atoms with Crippen LogP contribution in [-0.2, 0) is 25.8 Å². The van der Waals surface area contributed by atoms with E-state index in [2.05, 4.69) is 5.32 Å². The van der Waals surface area contributed by atoms with E-state index in [-0.39, 0.29) is 23.0 Å². The molecule has 0 saturated carbocycles. The van der Waals surface area contributed by atoms with Gasteiger partial charge in [0.05, 0.1) is 17.1 Å². The van der Waals surface area contributed by atoms with Gasteiger partial charge in [-0.3, -0.25) is 4.79 Å². The van der Waals surface area contributed by atoms with Crippen LogP contribution in [0.4, 0.5) is 0 Å². The molecule has 0 aliphatic carbocycles. The molecule has 7 heteroatoms. The van der Waals surface area contributed by atoms with Crippen molar-refractivity contribution in [3.05, 3.63) is 29.8 Å². The first-order valence-corrected chi connectivity index (χ1v) is 9.20. The van der Waals surface area contributed by atoms with E-state index >= 15 is 0 Å². The number of carboxylic acids is 1. The Labute approximate surface area is 136 Å². The maximum absolute atomic E-state index is 12.0. The molecule has 2 N–H and O–H groups in total. The van der Waals surface area contributed by atoms with Gasteiger partial charge in [0, 0.05) is 0 Å². The van der Waals surface area contributed by atoms with Crippen molar-refractivity contribution in [3.63, 3.8) is 0 Å². The third-order valence-electron chi connectivity index (χ3n) is 3.82. The van der Waals surface area contributed by atoms with Gasteiger partial charge in [0.1, 0.15) is 6.04 Å². The number of hydrogen-bond acceptors (Lipinski definition) is 4. The van der Waals surface area contributed by atoms with E-state index in [0.29, 0.717) is 12.0 Å². The van der Waals surface area contributed by atoms with Gasteiger partial charge in [0.2, 0.25) is 5.91 Å². The zero-order valence-electron chi connectivity index (χ0n) is 13.6. The van der Waals surface area contributed by atoms with Crippen LogP contribution in [0, 0.1) is 5.92 Å². The van der Waals surface area contributed by atoms with Crippen molar-refractivity contribution in [2.45, 2.75) is 44.6 Å². The van der Waals surface area contributed by atoms with Crippen LogP contribution in [0.1, 0.15) is 32.8 Å². The van der Waals surface area contributed by atoms with Crippen molar-refractivity contribution >= 4 is 21.7 Å². The number of hydrogen-bond donors (Lipinski definition) is 2. The first-order chi connectivity index (χ1) is 10.7. The third kappa shape index (κ3) is 5.35. The Morgan fingerprint density at radius 3 is 2.17 bits per heavy atom. The molecular formula is C16H23NO5S. The average Bonchev–Trinajstić information content (AvgIpc) is 2.52. The predicted octanol–water partition coefficient (Wildman–Crippen LogP) is 1.64. The molecule has 0 radical (unpaired) electrons. The molecule has 0 spiro atoms. The van der Waals surface area contributed by atoms with E-state index in [4.69, 9.17) is 5.11 Å². The molecule has 0 heterocycles. The molecule has 0 aromatic heterocycles. The summed E-state index contributed by atoms with van der Waals surface area (Å²) in [5, 5.41) is 11.7. The Hall–Kier alpha value is -1.89. The monoisotopic (exact) mass is 341 g/mol. The Morgan fingerprint density at radius 1 is 1.17 bits per heavy atom. The Kier molecular flexibility index (Phi) is 6.75. The van der Waals surface area contributed by atoms with Crippen molar-refractivity contribution in [3.8, 4) is 0 Å². The fourth-order valence-corrected chi connectivity index (χ4v) is 2.96. The molecule has 2 unspecified atom stereocenters. The van der Waals surface area contributed by atoms with Gasteiger partial charge < -0.3 is 10.4 Å². The first kappa shape index (κ1) is 19.2. The van der Waals surface area contributed by atoms with Gasteiger partial charge in [-0.25, -0.2) is 13.2 Å². The van der Waals surface area contributed by atoms with Gasteiger partial charge in [-0.05, 0) is 23.6 Å². The van der Waals surface area contributed by atoms with Crippen molar-refractivity contribution in [1.82, 2.24) is 5.32 Å². The highest BCUT2D eigenvalue weighted by Crippen LogP contribution is 2.13. The second kappa shape index (κ2) is 8.10. The fourth-order valence-electron chi connectivity index (χ4n) is 2.07. The van der Waals surface area contributed by atoms with E-state index < -0.39 is 27.8 Å². The van der Waals surface area contributed by atoms with Gasteiger partial charge in [-0.2, -0.15) is 0 Å². The van der Waals surface area contributed by atoms with Gasteiger partial charge in [0.25, 0.3) is 0 Å². The number of carboxylic acid groups (broad SMARTS) is 1. The maximum Gasteiger partial charge on any atom is 0.326 e. The lowest BCUT2D eigenvalue weighted by Crippen LogP contribution is -2.45. The molecule has 0 aliphatic rings. The summed E-state index contributed by atoms with van der Waals surface area (Å²) in [4.78, 5) is 23.4. The molecular weight excluding hydrogens is 318 g/mol. The highest BCUT2D eigenvalue weighted by atomic mass is 32.2. The summed E-state index contributed by atoms with van der Waals surface area (Å²) in [7, 11) is -3.27. The molecule has 128 valence electrons. The molecule has 0 saturated heterocycles. The smallest absolute Gasteiger partial charge is 0.326 e. The topological polar surface area (TPSA) is 101 Å². The van der Waals surface area contributed by atoms with E-state index in [1.165, 1.54) is 12.1 Å². The van der Waals surface area contributed by atoms with Crippen LogP contribution in [0.3, 0.4) is 0 Å². The van der Waals surface area contributed by atoms with Crippen LogP contribution in [0.5, 0.6) is 0 Å². The lowest BCUT2D eigenvalue weighted by atomic mass is 9.99. The first-order valence-electron chi connectivity index (χ1n) is 7.55. The molecule has 6 nitrogen and oxygen atoms in total. The number of nitrogens with one attached hydrogen (secondary N) is 1. The van der Waals surface area contributed by atoms with E-state index in [1.54, 1.807) is 26.0 Å². The fraction of sp³-hybridized carbons (Fsp3) is 0.500. The molecule has 0 fully saturated rings. The van der Waals surface area contributed by atoms with Gasteiger partial charge in [-0.15, -0.1) is 0 Å². The van der Waals surface area contributed by atoms with Crippen LogP contribution in [0.25, 0.3) is 0 Å². The molecule has 23 heavy (non-hydrogen) atoms. The van der Waals surface area contributed by atoms with Gasteiger partial charge in [-0.1, -0.05) is 39.3 Å². The zero-order chi connectivity index (χ0) is 17.6. The summed E-state index contributed by atoms with van der Waals surface area (Å²) in [6.45, 7) is 5.20. The van der Waals surface area contributed by atoms with E-state index in [1.807, 2.05) is 6.92 Å². The minimum atomic E-state index is -3.27. The number of aliphatic carboxylic acids is 1. The molecule has 1 rings (SSSR count). The lowest BCUT2D eigenvalue weighted by Gasteiger charge is -2.20. The molecule has 1 amide bonds. The summed E-state index contributed by atoms with van der Waals surface area (Å²) in [6.07, 6.45) is 0.646. The van der Waals surface area contributed by atoms with E-state index in [9.17, 15) is 18.0 Å². The van der Waals surface area contributed by atoms with Gasteiger partial charge >= 0.3 is 5.97 Å². The van der Waals surface area contributed by atoms with Crippen molar-refractivity contribution < 1.29 is 23.1 Å². The number of carbonyl (C=O) groups is 2. The minimum Gasteiger partial charge on any atom is -0.480 e. The average molecular weight is 341 g/mol. The summed E-state index contributed by atoms with van der Waals surface area (Å²) in [6, 6.07) is 5.14. The van der Waals surface area contributed by atoms with E-state index in [0.717, 1.165) is 0 Å². The van der Waals surface area contributed by atoms with Crippen LogP contribution in [0.15, 0.2) is 29.2 Å². The Bertz CT molecular complexity index is 652. The highest BCUT2D eigenvalue weighted by Gasteiger charge is 2.25. The van der Waals surface area contributed by atoms with Crippen LogP contribution >= 0.6 is 0 Å². The number of sulfone groups is 1. The molecule has 0 aliphatic heterocycles. The van der Waals surface area contributed by atoms with Gasteiger partial charge in [0.15, 0.2) is 9.84 Å². The highest BCUT2D eigenvalue weighted by molar-refractivity contribution is 7.91. The normalized spacial score (nSPS) is 14.0.